The van der Waals surface area contributed by atoms with E-state index in [0.29, 0.717) is 18.1 Å². The first kappa shape index (κ1) is 18.4. The lowest BCUT2D eigenvalue weighted by Gasteiger charge is -2.32. The van der Waals surface area contributed by atoms with Crippen LogP contribution >= 0.6 is 11.6 Å². The van der Waals surface area contributed by atoms with Crippen molar-refractivity contribution in [3.05, 3.63) is 34.9 Å². The van der Waals surface area contributed by atoms with E-state index in [2.05, 4.69) is 21.3 Å². The van der Waals surface area contributed by atoms with Crippen molar-refractivity contribution in [3.63, 3.8) is 0 Å². The van der Waals surface area contributed by atoms with Crippen molar-refractivity contribution < 1.29 is 9.59 Å². The molecule has 2 atom stereocenters. The molecule has 2 rings (SSSR count). The molecule has 0 aliphatic heterocycles. The van der Waals surface area contributed by atoms with Gasteiger partial charge in [-0.05, 0) is 37.5 Å². The third-order valence-electron chi connectivity index (χ3n) is 4.08. The Balaban J connectivity index is 1.82. The zero-order valence-electron chi connectivity index (χ0n) is 13.9. The third-order valence-corrected chi connectivity index (χ3v) is 4.31. The monoisotopic (exact) mass is 352 g/mol. The molecule has 1 saturated carbocycles. The van der Waals surface area contributed by atoms with Crippen molar-refractivity contribution in [3.8, 4) is 0 Å². The standard InChI is InChI=1S/C17H25ClN4O2/c1-2-19-16(23)21-14-8-3-4-9-15(14)22-17(24)20-11-12-6-5-7-13(18)10-12/h5-7,10,14-15H,2-4,8-9,11H2,1H3,(H2,19,21,23)(H2,20,22,24). The van der Waals surface area contributed by atoms with Gasteiger partial charge in [0.15, 0.2) is 0 Å². The smallest absolute Gasteiger partial charge is 0.315 e. The van der Waals surface area contributed by atoms with E-state index in [1.54, 1.807) is 6.07 Å². The topological polar surface area (TPSA) is 82.3 Å². The molecule has 4 N–H and O–H groups in total. The number of urea groups is 2. The van der Waals surface area contributed by atoms with Gasteiger partial charge in [-0.15, -0.1) is 0 Å². The average Bonchev–Trinajstić information content (AvgIpc) is 2.55. The van der Waals surface area contributed by atoms with Gasteiger partial charge in [-0.25, -0.2) is 9.59 Å². The number of rotatable bonds is 5. The zero-order valence-corrected chi connectivity index (χ0v) is 14.7. The predicted octanol–water partition coefficient (Wildman–Crippen LogP) is 2.77. The predicted molar refractivity (Wildman–Crippen MR) is 95.1 cm³/mol. The summed E-state index contributed by atoms with van der Waals surface area (Å²) < 4.78 is 0. The lowest BCUT2D eigenvalue weighted by molar-refractivity contribution is 0.213. The van der Waals surface area contributed by atoms with Crippen molar-refractivity contribution in [2.75, 3.05) is 6.54 Å². The Morgan fingerprint density at radius 3 is 2.29 bits per heavy atom. The highest BCUT2D eigenvalue weighted by Gasteiger charge is 2.27. The maximum absolute atomic E-state index is 12.1. The first-order chi connectivity index (χ1) is 11.6. The fourth-order valence-electron chi connectivity index (χ4n) is 2.91. The molecule has 0 radical (unpaired) electrons. The van der Waals surface area contributed by atoms with Crippen molar-refractivity contribution in [1.82, 2.24) is 21.3 Å². The molecule has 0 aromatic heterocycles. The highest BCUT2D eigenvalue weighted by molar-refractivity contribution is 6.30. The van der Waals surface area contributed by atoms with Crippen LogP contribution in [0.2, 0.25) is 5.02 Å². The van der Waals surface area contributed by atoms with Crippen LogP contribution in [0, 0.1) is 0 Å². The molecule has 2 unspecified atom stereocenters. The number of amides is 4. The second kappa shape index (κ2) is 9.37. The van der Waals surface area contributed by atoms with Crippen LogP contribution in [-0.4, -0.2) is 30.7 Å². The quantitative estimate of drug-likeness (QED) is 0.657. The Labute approximate surface area is 147 Å². The summed E-state index contributed by atoms with van der Waals surface area (Å²) in [4.78, 5) is 23.9. The van der Waals surface area contributed by atoms with E-state index in [-0.39, 0.29) is 24.1 Å². The Morgan fingerprint density at radius 2 is 1.71 bits per heavy atom. The summed E-state index contributed by atoms with van der Waals surface area (Å²) in [5.74, 6) is 0. The molecule has 0 heterocycles. The SMILES string of the molecule is CCNC(=O)NC1CCCCC1NC(=O)NCc1cccc(Cl)c1. The summed E-state index contributed by atoms with van der Waals surface area (Å²) in [6.07, 6.45) is 3.84. The van der Waals surface area contributed by atoms with Crippen molar-refractivity contribution >= 4 is 23.7 Å². The summed E-state index contributed by atoms with van der Waals surface area (Å²) >= 11 is 5.93. The van der Waals surface area contributed by atoms with E-state index in [4.69, 9.17) is 11.6 Å². The van der Waals surface area contributed by atoms with Gasteiger partial charge in [-0.2, -0.15) is 0 Å². The summed E-state index contributed by atoms with van der Waals surface area (Å²) in [6, 6.07) is 6.87. The van der Waals surface area contributed by atoms with Crippen LogP contribution in [0.5, 0.6) is 0 Å². The number of halogens is 1. The molecular weight excluding hydrogens is 328 g/mol. The van der Waals surface area contributed by atoms with Crippen molar-refractivity contribution in [2.45, 2.75) is 51.2 Å². The first-order valence-electron chi connectivity index (χ1n) is 8.41. The molecule has 1 aliphatic rings. The number of hydrogen-bond donors (Lipinski definition) is 4. The van der Waals surface area contributed by atoms with Crippen molar-refractivity contribution in [1.29, 1.82) is 0 Å². The van der Waals surface area contributed by atoms with E-state index in [0.717, 1.165) is 31.2 Å². The molecule has 1 aromatic rings. The van der Waals surface area contributed by atoms with Crippen LogP contribution in [0.15, 0.2) is 24.3 Å². The van der Waals surface area contributed by atoms with Crippen LogP contribution in [0.3, 0.4) is 0 Å². The molecule has 1 aromatic carbocycles. The number of hydrogen-bond acceptors (Lipinski definition) is 2. The summed E-state index contributed by atoms with van der Waals surface area (Å²) in [5, 5.41) is 12.1. The fourth-order valence-corrected chi connectivity index (χ4v) is 3.12. The summed E-state index contributed by atoms with van der Waals surface area (Å²) in [5.41, 5.74) is 0.943. The number of carbonyl (C=O) groups is 2. The van der Waals surface area contributed by atoms with Gasteiger partial charge in [0.05, 0.1) is 12.1 Å². The van der Waals surface area contributed by atoms with Crippen LogP contribution in [0.1, 0.15) is 38.2 Å². The molecule has 4 amide bonds. The highest BCUT2D eigenvalue weighted by Crippen LogP contribution is 2.18. The van der Waals surface area contributed by atoms with Gasteiger partial charge in [0.2, 0.25) is 0 Å². The molecule has 6 nitrogen and oxygen atoms in total. The van der Waals surface area contributed by atoms with Gasteiger partial charge in [0, 0.05) is 18.1 Å². The summed E-state index contributed by atoms with van der Waals surface area (Å²) in [7, 11) is 0. The Bertz CT molecular complexity index is 567. The molecule has 1 fully saturated rings. The zero-order chi connectivity index (χ0) is 17.4. The first-order valence-corrected chi connectivity index (χ1v) is 8.79. The minimum Gasteiger partial charge on any atom is -0.338 e. The van der Waals surface area contributed by atoms with E-state index < -0.39 is 0 Å². The van der Waals surface area contributed by atoms with Crippen LogP contribution in [0.4, 0.5) is 9.59 Å². The molecule has 0 spiro atoms. The van der Waals surface area contributed by atoms with Gasteiger partial charge in [-0.1, -0.05) is 36.6 Å². The van der Waals surface area contributed by atoms with E-state index >= 15 is 0 Å². The van der Waals surface area contributed by atoms with E-state index in [9.17, 15) is 9.59 Å². The second-order valence-corrected chi connectivity index (χ2v) is 6.39. The second-order valence-electron chi connectivity index (χ2n) is 5.96. The average molecular weight is 353 g/mol. The van der Waals surface area contributed by atoms with Crippen molar-refractivity contribution in [2.24, 2.45) is 0 Å². The number of benzene rings is 1. The van der Waals surface area contributed by atoms with Gasteiger partial charge >= 0.3 is 12.1 Å². The van der Waals surface area contributed by atoms with Gasteiger partial charge in [-0.3, -0.25) is 0 Å². The minimum atomic E-state index is -0.232. The molecule has 7 heteroatoms. The fraction of sp³-hybridized carbons (Fsp3) is 0.529. The lowest BCUT2D eigenvalue weighted by atomic mass is 9.90. The van der Waals surface area contributed by atoms with Crippen LogP contribution < -0.4 is 21.3 Å². The molecule has 132 valence electrons. The maximum Gasteiger partial charge on any atom is 0.315 e. The Morgan fingerprint density at radius 1 is 1.08 bits per heavy atom. The third kappa shape index (κ3) is 5.92. The normalized spacial score (nSPS) is 20.1. The molecule has 24 heavy (non-hydrogen) atoms. The minimum absolute atomic E-state index is 0.0396. The molecular formula is C17H25ClN4O2. The van der Waals surface area contributed by atoms with Gasteiger partial charge in [0.1, 0.15) is 0 Å². The molecule has 0 saturated heterocycles. The van der Waals surface area contributed by atoms with E-state index in [1.807, 2.05) is 25.1 Å². The summed E-state index contributed by atoms with van der Waals surface area (Å²) in [6.45, 7) is 2.86. The van der Waals surface area contributed by atoms with E-state index in [1.165, 1.54) is 0 Å². The van der Waals surface area contributed by atoms with Gasteiger partial charge in [0.25, 0.3) is 0 Å². The largest absolute Gasteiger partial charge is 0.338 e. The Kier molecular flexibility index (Phi) is 7.18. The Hall–Kier alpha value is -1.95. The number of nitrogens with one attached hydrogen (secondary N) is 4. The highest BCUT2D eigenvalue weighted by atomic mass is 35.5. The number of carbonyl (C=O) groups excluding carboxylic acids is 2. The van der Waals surface area contributed by atoms with Gasteiger partial charge < -0.3 is 21.3 Å². The lowest BCUT2D eigenvalue weighted by Crippen LogP contribution is -2.56. The maximum atomic E-state index is 12.1. The molecule has 0 bridgehead atoms. The van der Waals surface area contributed by atoms with Crippen LogP contribution in [0.25, 0.3) is 0 Å². The molecule has 1 aliphatic carbocycles. The van der Waals surface area contributed by atoms with Crippen LogP contribution in [-0.2, 0) is 6.54 Å².